The maximum Gasteiger partial charge on any atom is 0.104 e. The fourth-order valence-corrected chi connectivity index (χ4v) is 3.58. The van der Waals surface area contributed by atoms with Crippen LogP contribution in [-0.2, 0) is 23.2 Å². The summed E-state index contributed by atoms with van der Waals surface area (Å²) in [5.41, 5.74) is 3.82. The zero-order valence-electron chi connectivity index (χ0n) is 13.7. The van der Waals surface area contributed by atoms with E-state index in [1.807, 2.05) is 24.3 Å². The van der Waals surface area contributed by atoms with Crippen LogP contribution < -0.4 is 5.32 Å². The van der Waals surface area contributed by atoms with Gasteiger partial charge in [0.25, 0.3) is 0 Å². The van der Waals surface area contributed by atoms with Gasteiger partial charge in [0.05, 0.1) is 35.9 Å². The predicted molar refractivity (Wildman–Crippen MR) is 92.6 cm³/mol. The van der Waals surface area contributed by atoms with Gasteiger partial charge in [0.15, 0.2) is 0 Å². The van der Waals surface area contributed by atoms with Crippen LogP contribution in [0, 0.1) is 11.3 Å². The lowest BCUT2D eigenvalue weighted by Gasteiger charge is -2.42. The Bertz CT molecular complexity index is 760. The molecule has 0 bridgehead atoms. The van der Waals surface area contributed by atoms with E-state index in [1.54, 1.807) is 0 Å². The smallest absolute Gasteiger partial charge is 0.104 e. The Balaban J connectivity index is 1.43. The molecule has 2 aliphatic rings. The van der Waals surface area contributed by atoms with Crippen LogP contribution in [0.25, 0.3) is 0 Å². The molecule has 0 atom stereocenters. The molecule has 0 spiro atoms. The van der Waals surface area contributed by atoms with E-state index in [2.05, 4.69) is 29.6 Å². The maximum absolute atomic E-state index is 9.74. The van der Waals surface area contributed by atoms with Crippen molar-refractivity contribution < 1.29 is 4.74 Å². The van der Waals surface area contributed by atoms with Gasteiger partial charge in [-0.1, -0.05) is 30.3 Å². The van der Waals surface area contributed by atoms with E-state index in [9.17, 15) is 5.26 Å². The van der Waals surface area contributed by atoms with Gasteiger partial charge in [-0.3, -0.25) is 4.98 Å². The molecule has 0 unspecified atom stereocenters. The highest BCUT2D eigenvalue weighted by molar-refractivity contribution is 5.51. The molecule has 1 fully saturated rings. The van der Waals surface area contributed by atoms with Crippen molar-refractivity contribution in [3.8, 4) is 6.07 Å². The minimum atomic E-state index is -0.478. The molecule has 2 heterocycles. The number of anilines is 1. The number of pyridine rings is 1. The Hall–Kier alpha value is -2.38. The van der Waals surface area contributed by atoms with Crippen LogP contribution in [0.2, 0.25) is 0 Å². The molecule has 2 aromatic rings. The average molecular weight is 319 g/mol. The second kappa shape index (κ2) is 6.26. The number of rotatable bonds is 4. The number of nitrogens with one attached hydrogen (secondary N) is 1. The molecule has 1 N–H and O–H groups in total. The molecule has 0 amide bonds. The molecule has 24 heavy (non-hydrogen) atoms. The van der Waals surface area contributed by atoms with Gasteiger partial charge in [0.2, 0.25) is 0 Å². The van der Waals surface area contributed by atoms with Gasteiger partial charge in [0.1, 0.15) is 5.41 Å². The summed E-state index contributed by atoms with van der Waals surface area (Å²) in [6.07, 6.45) is 3.70. The molecule has 1 aliphatic heterocycles. The van der Waals surface area contributed by atoms with E-state index in [0.29, 0.717) is 6.61 Å². The van der Waals surface area contributed by atoms with E-state index in [4.69, 9.17) is 9.72 Å². The monoisotopic (exact) mass is 319 g/mol. The first-order valence-electron chi connectivity index (χ1n) is 8.60. The van der Waals surface area contributed by atoms with Crippen molar-refractivity contribution in [3.05, 3.63) is 59.4 Å². The molecule has 1 aromatic carbocycles. The number of benzene rings is 1. The Morgan fingerprint density at radius 2 is 2.04 bits per heavy atom. The van der Waals surface area contributed by atoms with Crippen molar-refractivity contribution >= 4 is 5.69 Å². The molecule has 4 nitrogen and oxygen atoms in total. The standard InChI is InChI=1S/C20H21N3O/c21-14-20(19-9-8-17-18(23-19)7-4-10-22-17)11-16(12-20)24-13-15-5-2-1-3-6-15/h1-3,5-6,8-9,16,22H,4,7,10-13H2. The van der Waals surface area contributed by atoms with Crippen molar-refractivity contribution in [1.82, 2.24) is 4.98 Å². The highest BCUT2D eigenvalue weighted by Crippen LogP contribution is 2.45. The zero-order valence-corrected chi connectivity index (χ0v) is 13.7. The van der Waals surface area contributed by atoms with Gasteiger partial charge in [-0.15, -0.1) is 0 Å². The number of hydrogen-bond donors (Lipinski definition) is 1. The van der Waals surface area contributed by atoms with Crippen molar-refractivity contribution in [1.29, 1.82) is 5.26 Å². The summed E-state index contributed by atoms with van der Waals surface area (Å²) in [5.74, 6) is 0. The average Bonchev–Trinajstić information content (AvgIpc) is 2.61. The summed E-state index contributed by atoms with van der Waals surface area (Å²) >= 11 is 0. The van der Waals surface area contributed by atoms with Crippen LogP contribution in [0.4, 0.5) is 5.69 Å². The third-order valence-corrected chi connectivity index (χ3v) is 5.07. The lowest BCUT2D eigenvalue weighted by atomic mass is 9.65. The minimum Gasteiger partial charge on any atom is -0.384 e. The molecule has 0 saturated heterocycles. The van der Waals surface area contributed by atoms with E-state index < -0.39 is 5.41 Å². The van der Waals surface area contributed by atoms with Crippen LogP contribution in [-0.4, -0.2) is 17.6 Å². The minimum absolute atomic E-state index is 0.140. The maximum atomic E-state index is 9.74. The second-order valence-electron chi connectivity index (χ2n) is 6.74. The second-order valence-corrected chi connectivity index (χ2v) is 6.74. The first-order valence-corrected chi connectivity index (χ1v) is 8.60. The van der Waals surface area contributed by atoms with Gasteiger partial charge < -0.3 is 10.1 Å². The summed E-state index contributed by atoms with van der Waals surface area (Å²) in [4.78, 5) is 4.79. The van der Waals surface area contributed by atoms with Crippen LogP contribution in [0.5, 0.6) is 0 Å². The Labute approximate surface area is 142 Å². The van der Waals surface area contributed by atoms with Gasteiger partial charge in [-0.05, 0) is 43.4 Å². The SMILES string of the molecule is N#CC1(c2ccc3c(n2)CCCN3)CC(OCc2ccccc2)C1. The molecule has 1 saturated carbocycles. The highest BCUT2D eigenvalue weighted by Gasteiger charge is 2.48. The van der Waals surface area contributed by atoms with E-state index in [0.717, 1.165) is 49.3 Å². The first-order chi connectivity index (χ1) is 11.8. The molecule has 4 rings (SSSR count). The molecule has 122 valence electrons. The Kier molecular flexibility index (Phi) is 3.95. The predicted octanol–water partition coefficient (Wildman–Crippen LogP) is 3.58. The fraction of sp³-hybridized carbons (Fsp3) is 0.400. The molecule has 0 radical (unpaired) electrons. The summed E-state index contributed by atoms with van der Waals surface area (Å²) in [6, 6.07) is 16.8. The van der Waals surface area contributed by atoms with Crippen LogP contribution in [0.15, 0.2) is 42.5 Å². The first kappa shape index (κ1) is 15.2. The molecule has 1 aliphatic carbocycles. The lowest BCUT2D eigenvalue weighted by molar-refractivity contribution is -0.0401. The Morgan fingerprint density at radius 3 is 2.83 bits per heavy atom. The fourth-order valence-electron chi connectivity index (χ4n) is 3.58. The number of aromatic nitrogens is 1. The molecular formula is C20H21N3O. The quantitative estimate of drug-likeness (QED) is 0.936. The van der Waals surface area contributed by atoms with Gasteiger partial charge in [-0.2, -0.15) is 5.26 Å². The topological polar surface area (TPSA) is 57.9 Å². The normalized spacial score (nSPS) is 25.0. The van der Waals surface area contributed by atoms with Gasteiger partial charge in [0, 0.05) is 6.54 Å². The summed E-state index contributed by atoms with van der Waals surface area (Å²) < 4.78 is 5.96. The van der Waals surface area contributed by atoms with Crippen LogP contribution >= 0.6 is 0 Å². The summed E-state index contributed by atoms with van der Waals surface area (Å²) in [5, 5.41) is 13.1. The largest absolute Gasteiger partial charge is 0.384 e. The Morgan fingerprint density at radius 1 is 1.21 bits per heavy atom. The van der Waals surface area contributed by atoms with Crippen molar-refractivity contribution in [2.75, 3.05) is 11.9 Å². The summed E-state index contributed by atoms with van der Waals surface area (Å²) in [6.45, 7) is 1.61. The third kappa shape index (κ3) is 2.76. The zero-order chi connectivity index (χ0) is 16.4. The number of ether oxygens (including phenoxy) is 1. The van der Waals surface area contributed by atoms with Gasteiger partial charge in [-0.25, -0.2) is 0 Å². The number of fused-ring (bicyclic) bond motifs is 1. The number of hydrogen-bond acceptors (Lipinski definition) is 4. The number of aryl methyl sites for hydroxylation is 1. The molecule has 4 heteroatoms. The van der Waals surface area contributed by atoms with Crippen molar-refractivity contribution in [2.24, 2.45) is 0 Å². The highest BCUT2D eigenvalue weighted by atomic mass is 16.5. The van der Waals surface area contributed by atoms with E-state index in [1.165, 1.54) is 5.56 Å². The van der Waals surface area contributed by atoms with E-state index >= 15 is 0 Å². The molecular weight excluding hydrogens is 298 g/mol. The number of nitrogens with zero attached hydrogens (tertiary/aromatic N) is 2. The third-order valence-electron chi connectivity index (χ3n) is 5.07. The lowest BCUT2D eigenvalue weighted by Crippen LogP contribution is -2.45. The van der Waals surface area contributed by atoms with Gasteiger partial charge >= 0.3 is 0 Å². The van der Waals surface area contributed by atoms with E-state index in [-0.39, 0.29) is 6.10 Å². The number of nitriles is 1. The summed E-state index contributed by atoms with van der Waals surface area (Å²) in [7, 11) is 0. The van der Waals surface area contributed by atoms with Crippen LogP contribution in [0.1, 0.15) is 36.2 Å². The van der Waals surface area contributed by atoms with Crippen molar-refractivity contribution in [3.63, 3.8) is 0 Å². The molecule has 1 aromatic heterocycles. The van der Waals surface area contributed by atoms with Crippen LogP contribution in [0.3, 0.4) is 0 Å². The van der Waals surface area contributed by atoms with Crippen molar-refractivity contribution in [2.45, 2.75) is 43.8 Å².